The van der Waals surface area contributed by atoms with Crippen molar-refractivity contribution in [2.45, 2.75) is 139 Å². The highest BCUT2D eigenvalue weighted by molar-refractivity contribution is 7.91. The van der Waals surface area contributed by atoms with Crippen molar-refractivity contribution in [1.29, 1.82) is 0 Å². The first-order valence-corrected chi connectivity index (χ1v) is 23.2. The lowest BCUT2D eigenvalue weighted by atomic mass is 9.87. The number of ether oxygens (including phenoxy) is 4. The third kappa shape index (κ3) is 9.09. The quantitative estimate of drug-likeness (QED) is 0.192. The molecule has 5 aliphatic rings. The van der Waals surface area contributed by atoms with E-state index >= 15 is 0 Å². The molecule has 1 aromatic heterocycles. The Labute approximate surface area is 353 Å². The molecule has 1 saturated heterocycles. The Kier molecular flexibility index (Phi) is 12.7. The number of allylic oxidation sites excluding steroid dienone is 1. The number of fused-ring (bicyclic) bond motifs is 5. The standard InChI is InChI=1S/C44H61N5O10S/c1-6-33-37-31(32-23-30(15-16-34(32)45-33)57-22-12-21-56-5)17-18-43(59-37)25-36-38(50)47-44(40(52)48-60(54,55)42(4)19-20-42)24-29(44)13-10-8-7-9-11-14-35(39(51)49(36)27-43)46-41(53)58-26-28(2)3/h10,13,15-16,23,28-29,35-36H,6-9,11-12,14,17-22,24-27H2,1-5H3,(H,46,53)(H,47,50)(H,48,52)/b13-10-/t29?,35-,36-,43+,44+/m0/s1. The number of amides is 4. The number of carbonyl (C=O) groups excluding carboxylic acids is 4. The summed E-state index contributed by atoms with van der Waals surface area (Å²) in [6.45, 7) is 8.75. The Balaban J connectivity index is 1.22. The van der Waals surface area contributed by atoms with Crippen LogP contribution in [-0.4, -0.2) is 104 Å². The third-order valence-electron chi connectivity index (χ3n) is 12.8. The van der Waals surface area contributed by atoms with Crippen molar-refractivity contribution in [2.24, 2.45) is 11.8 Å². The predicted octanol–water partition coefficient (Wildman–Crippen LogP) is 5.02. The Bertz CT molecular complexity index is 2120. The monoisotopic (exact) mass is 851 g/mol. The van der Waals surface area contributed by atoms with Gasteiger partial charge >= 0.3 is 6.09 Å². The molecule has 1 aromatic carbocycles. The van der Waals surface area contributed by atoms with Gasteiger partial charge in [-0.1, -0.05) is 45.8 Å². The number of pyridine rings is 1. The lowest BCUT2D eigenvalue weighted by Gasteiger charge is -2.37. The molecule has 0 radical (unpaired) electrons. The van der Waals surface area contributed by atoms with Gasteiger partial charge < -0.3 is 34.5 Å². The fourth-order valence-electron chi connectivity index (χ4n) is 8.73. The molecular formula is C44H61N5O10S. The lowest BCUT2D eigenvalue weighted by Crippen LogP contribution is -2.58. The van der Waals surface area contributed by atoms with Crippen LogP contribution in [0.15, 0.2) is 30.4 Å². The second kappa shape index (κ2) is 17.5. The molecule has 60 heavy (non-hydrogen) atoms. The van der Waals surface area contributed by atoms with Gasteiger partial charge in [0.2, 0.25) is 21.8 Å². The molecule has 0 bridgehead atoms. The molecule has 328 valence electrons. The number of alkyl carbamates (subject to hydrolysis) is 1. The summed E-state index contributed by atoms with van der Waals surface area (Å²) in [6, 6.07) is 3.75. The highest BCUT2D eigenvalue weighted by atomic mass is 32.2. The normalized spacial score (nSPS) is 28.0. The molecule has 16 heteroatoms. The van der Waals surface area contributed by atoms with Crippen LogP contribution < -0.4 is 24.8 Å². The summed E-state index contributed by atoms with van der Waals surface area (Å²) < 4.78 is 51.5. The van der Waals surface area contributed by atoms with Crippen molar-refractivity contribution < 1.29 is 46.5 Å². The number of benzene rings is 1. The van der Waals surface area contributed by atoms with Gasteiger partial charge in [0.15, 0.2) is 0 Å². The molecule has 1 spiro atoms. The molecular weight excluding hydrogens is 791 g/mol. The van der Waals surface area contributed by atoms with E-state index in [9.17, 15) is 27.6 Å². The van der Waals surface area contributed by atoms with Crippen molar-refractivity contribution in [2.75, 3.05) is 33.5 Å². The van der Waals surface area contributed by atoms with Crippen LogP contribution in [0.2, 0.25) is 0 Å². The molecule has 7 rings (SSSR count). The molecule has 2 aliphatic carbocycles. The van der Waals surface area contributed by atoms with Gasteiger partial charge in [-0.2, -0.15) is 0 Å². The zero-order valence-electron chi connectivity index (χ0n) is 35.6. The second-order valence-electron chi connectivity index (χ2n) is 18.0. The van der Waals surface area contributed by atoms with Gasteiger partial charge in [0.05, 0.1) is 35.7 Å². The van der Waals surface area contributed by atoms with E-state index in [-0.39, 0.29) is 31.9 Å². The van der Waals surface area contributed by atoms with Crippen molar-refractivity contribution in [1.82, 2.24) is 25.2 Å². The highest BCUT2D eigenvalue weighted by Gasteiger charge is 2.64. The minimum atomic E-state index is -4.00. The molecule has 2 saturated carbocycles. The maximum absolute atomic E-state index is 14.8. The number of rotatable bonds is 12. The minimum absolute atomic E-state index is 0.0433. The Hall–Kier alpha value is -4.44. The molecule has 1 unspecified atom stereocenters. The fourth-order valence-corrected chi connectivity index (χ4v) is 10.0. The van der Waals surface area contributed by atoms with Crippen LogP contribution in [0.4, 0.5) is 4.79 Å². The molecule has 15 nitrogen and oxygen atoms in total. The van der Waals surface area contributed by atoms with Gasteiger partial charge in [-0.3, -0.25) is 19.1 Å². The van der Waals surface area contributed by atoms with Crippen LogP contribution in [0.1, 0.15) is 110 Å². The van der Waals surface area contributed by atoms with Gasteiger partial charge in [-0.25, -0.2) is 18.2 Å². The van der Waals surface area contributed by atoms with E-state index in [1.165, 1.54) is 4.90 Å². The van der Waals surface area contributed by atoms with Crippen LogP contribution in [0, 0.1) is 11.8 Å². The fraction of sp³-hybridized carbons (Fsp3) is 0.659. The minimum Gasteiger partial charge on any atom is -0.493 e. The number of hydrogen-bond donors (Lipinski definition) is 3. The first-order valence-electron chi connectivity index (χ1n) is 21.7. The van der Waals surface area contributed by atoms with E-state index in [0.717, 1.165) is 41.4 Å². The van der Waals surface area contributed by atoms with Crippen LogP contribution >= 0.6 is 0 Å². The maximum Gasteiger partial charge on any atom is 0.407 e. The van der Waals surface area contributed by atoms with Crippen LogP contribution in [0.5, 0.6) is 11.5 Å². The first kappa shape index (κ1) is 43.6. The van der Waals surface area contributed by atoms with E-state index < -0.39 is 67.7 Å². The summed E-state index contributed by atoms with van der Waals surface area (Å²) in [5, 5.41) is 6.68. The predicted molar refractivity (Wildman–Crippen MR) is 224 cm³/mol. The molecule has 3 N–H and O–H groups in total. The van der Waals surface area contributed by atoms with Crippen molar-refractivity contribution in [3.05, 3.63) is 41.6 Å². The van der Waals surface area contributed by atoms with Crippen LogP contribution in [0.3, 0.4) is 0 Å². The zero-order chi connectivity index (χ0) is 42.9. The van der Waals surface area contributed by atoms with E-state index in [2.05, 4.69) is 15.4 Å². The van der Waals surface area contributed by atoms with Crippen molar-refractivity contribution in [3.8, 4) is 11.5 Å². The molecule has 5 atom stereocenters. The molecule has 4 amide bonds. The number of methoxy groups -OCH3 is 1. The SMILES string of the molecule is CCc1nc2ccc(OCCCOC)cc2c2c1O[C@]1(CC2)C[C@H]2C(=O)N[C@]3(C(=O)NS(=O)(=O)C4(C)CC4)CC3/C=C\CCCCC[C@H](NC(=O)OCC(C)C)C(=O)N2C1. The van der Waals surface area contributed by atoms with Crippen LogP contribution in [0.25, 0.3) is 10.9 Å². The van der Waals surface area contributed by atoms with Gasteiger partial charge in [0.1, 0.15) is 34.7 Å². The second-order valence-corrected chi connectivity index (χ2v) is 20.2. The number of nitrogens with zero attached hydrogens (tertiary/aromatic N) is 2. The number of aromatic nitrogens is 1. The van der Waals surface area contributed by atoms with Crippen molar-refractivity contribution >= 4 is 44.7 Å². The average molecular weight is 852 g/mol. The summed E-state index contributed by atoms with van der Waals surface area (Å²) in [6.07, 6.45) is 9.95. The molecule has 4 heterocycles. The van der Waals surface area contributed by atoms with Crippen molar-refractivity contribution in [3.63, 3.8) is 0 Å². The zero-order valence-corrected chi connectivity index (χ0v) is 36.4. The van der Waals surface area contributed by atoms with Gasteiger partial charge in [-0.05, 0) is 88.8 Å². The Morgan fingerprint density at radius 2 is 1.90 bits per heavy atom. The van der Waals surface area contributed by atoms with E-state index in [1.54, 1.807) is 14.0 Å². The average Bonchev–Trinajstić information content (AvgIpc) is 4.11. The number of aryl methyl sites for hydroxylation is 2. The summed E-state index contributed by atoms with van der Waals surface area (Å²) in [5.41, 5.74) is 0.0269. The molecule has 2 aromatic rings. The van der Waals surface area contributed by atoms with E-state index in [1.807, 2.05) is 51.1 Å². The molecule has 3 fully saturated rings. The first-order chi connectivity index (χ1) is 28.6. The largest absolute Gasteiger partial charge is 0.493 e. The Morgan fingerprint density at radius 3 is 2.63 bits per heavy atom. The van der Waals surface area contributed by atoms with E-state index in [4.69, 9.17) is 23.9 Å². The summed E-state index contributed by atoms with van der Waals surface area (Å²) in [4.78, 5) is 63.2. The maximum atomic E-state index is 14.8. The smallest absolute Gasteiger partial charge is 0.407 e. The Morgan fingerprint density at radius 1 is 1.10 bits per heavy atom. The number of carbonyl (C=O) groups is 4. The summed E-state index contributed by atoms with van der Waals surface area (Å²) in [7, 11) is -2.34. The number of sulfonamides is 1. The highest BCUT2D eigenvalue weighted by Crippen LogP contribution is 2.49. The number of nitrogens with one attached hydrogen (secondary N) is 3. The summed E-state index contributed by atoms with van der Waals surface area (Å²) >= 11 is 0. The lowest BCUT2D eigenvalue weighted by molar-refractivity contribution is -0.141. The van der Waals surface area contributed by atoms with E-state index in [0.29, 0.717) is 76.1 Å². The molecule has 3 aliphatic heterocycles. The topological polar surface area (TPSA) is 192 Å². The number of hydrogen-bond acceptors (Lipinski definition) is 11. The van der Waals surface area contributed by atoms with Crippen LogP contribution in [-0.2, 0) is 46.7 Å². The summed E-state index contributed by atoms with van der Waals surface area (Å²) in [5.74, 6) is -0.840. The van der Waals surface area contributed by atoms with Gasteiger partial charge in [-0.15, -0.1) is 0 Å². The van der Waals surface area contributed by atoms with Gasteiger partial charge in [0, 0.05) is 43.4 Å². The van der Waals surface area contributed by atoms with Gasteiger partial charge in [0.25, 0.3) is 5.91 Å². The third-order valence-corrected chi connectivity index (χ3v) is 14.9.